The molecule has 1 aliphatic rings. The summed E-state index contributed by atoms with van der Waals surface area (Å²) in [6, 6.07) is 10.3. The van der Waals surface area contributed by atoms with Crippen molar-refractivity contribution >= 4 is 10.1 Å². The number of benzene rings is 2. The summed E-state index contributed by atoms with van der Waals surface area (Å²) < 4.78 is 118. The molecule has 0 N–H and O–H groups in total. The van der Waals surface area contributed by atoms with Gasteiger partial charge in [-0.15, -0.1) is 0 Å². The van der Waals surface area contributed by atoms with Crippen molar-refractivity contribution in [3.63, 3.8) is 0 Å². The van der Waals surface area contributed by atoms with Crippen LogP contribution in [0.1, 0.15) is 34.6 Å². The Kier molecular flexibility index (Phi) is 8.51. The third kappa shape index (κ3) is 7.92. The minimum Gasteiger partial charge on any atom is -0.352 e. The topological polar surface area (TPSA) is 61.8 Å². The van der Waals surface area contributed by atoms with Gasteiger partial charge in [-0.25, -0.2) is 0 Å². The maximum Gasteiger partial charge on any atom is 0.416 e. The Morgan fingerprint density at radius 1 is 0.971 bits per heavy atom. The normalized spacial score (nSPS) is 21.7. The number of hydrogen-bond acceptors (Lipinski definition) is 5. The zero-order valence-corrected chi connectivity index (χ0v) is 19.4. The second kappa shape index (κ2) is 10.9. The number of hydrogen-bond donors (Lipinski definition) is 0. The van der Waals surface area contributed by atoms with Crippen molar-refractivity contribution < 1.29 is 48.4 Å². The molecule has 0 amide bonds. The predicted octanol–water partition coefficient (Wildman–Crippen LogP) is 5.41. The zero-order chi connectivity index (χ0) is 25.9. The SMILES string of the molecule is CS(=O)(=O)OC[C@@H]1CCO[C@H](OCCc2cc(C(F)(F)F)cc(C(F)(F)F)c2)[C@H]1c1ccccc1. The molecular formula is C23H24F6O5S. The molecule has 2 aromatic rings. The minimum absolute atomic E-state index is 0.0758. The van der Waals surface area contributed by atoms with Crippen molar-refractivity contribution in [1.82, 2.24) is 0 Å². The summed E-state index contributed by atoms with van der Waals surface area (Å²) in [5.41, 5.74) is -2.19. The van der Waals surface area contributed by atoms with E-state index in [0.717, 1.165) is 11.8 Å². The Morgan fingerprint density at radius 2 is 1.57 bits per heavy atom. The molecule has 12 heteroatoms. The van der Waals surface area contributed by atoms with Crippen molar-refractivity contribution in [3.05, 3.63) is 70.8 Å². The second-order valence-corrected chi connectivity index (χ2v) is 9.89. The first-order valence-corrected chi connectivity index (χ1v) is 12.5. The first-order chi connectivity index (χ1) is 16.2. The van der Waals surface area contributed by atoms with E-state index in [9.17, 15) is 34.8 Å². The molecule has 0 spiro atoms. The molecule has 1 fully saturated rings. The van der Waals surface area contributed by atoms with Gasteiger partial charge in [0.1, 0.15) is 0 Å². The summed E-state index contributed by atoms with van der Waals surface area (Å²) in [5.74, 6) is -0.768. The number of alkyl halides is 6. The highest BCUT2D eigenvalue weighted by Gasteiger charge is 2.38. The van der Waals surface area contributed by atoms with Gasteiger partial charge >= 0.3 is 12.4 Å². The molecule has 0 aromatic heterocycles. The fourth-order valence-corrected chi connectivity index (χ4v) is 4.37. The fourth-order valence-electron chi connectivity index (χ4n) is 3.95. The monoisotopic (exact) mass is 526 g/mol. The van der Waals surface area contributed by atoms with Gasteiger partial charge in [-0.1, -0.05) is 30.3 Å². The van der Waals surface area contributed by atoms with E-state index in [1.165, 1.54) is 0 Å². The molecule has 194 valence electrons. The van der Waals surface area contributed by atoms with Gasteiger partial charge in [0.25, 0.3) is 10.1 Å². The molecule has 0 radical (unpaired) electrons. The molecule has 0 aliphatic carbocycles. The van der Waals surface area contributed by atoms with E-state index >= 15 is 0 Å². The van der Waals surface area contributed by atoms with Gasteiger partial charge in [0.2, 0.25) is 0 Å². The van der Waals surface area contributed by atoms with Gasteiger partial charge < -0.3 is 9.47 Å². The van der Waals surface area contributed by atoms with Crippen LogP contribution in [0.25, 0.3) is 0 Å². The third-order valence-electron chi connectivity index (χ3n) is 5.57. The summed E-state index contributed by atoms with van der Waals surface area (Å²) in [4.78, 5) is 0. The summed E-state index contributed by atoms with van der Waals surface area (Å²) >= 11 is 0. The number of ether oxygens (including phenoxy) is 2. The average molecular weight is 526 g/mol. The highest BCUT2D eigenvalue weighted by Crippen LogP contribution is 2.38. The highest BCUT2D eigenvalue weighted by atomic mass is 32.2. The minimum atomic E-state index is -4.94. The molecule has 2 aromatic carbocycles. The molecular weight excluding hydrogens is 502 g/mol. The van der Waals surface area contributed by atoms with Gasteiger partial charge in [-0.05, 0) is 48.1 Å². The second-order valence-electron chi connectivity index (χ2n) is 8.25. The maximum atomic E-state index is 13.1. The van der Waals surface area contributed by atoms with Crippen LogP contribution < -0.4 is 0 Å². The van der Waals surface area contributed by atoms with Crippen LogP contribution in [0, 0.1) is 5.92 Å². The van der Waals surface area contributed by atoms with Crippen LogP contribution in [0.2, 0.25) is 0 Å². The molecule has 35 heavy (non-hydrogen) atoms. The van der Waals surface area contributed by atoms with E-state index in [-0.39, 0.29) is 43.8 Å². The highest BCUT2D eigenvalue weighted by molar-refractivity contribution is 7.85. The molecule has 0 saturated carbocycles. The molecule has 3 atom stereocenters. The average Bonchev–Trinajstić information content (AvgIpc) is 2.76. The van der Waals surface area contributed by atoms with Crippen molar-refractivity contribution in [2.24, 2.45) is 5.92 Å². The van der Waals surface area contributed by atoms with Crippen molar-refractivity contribution in [3.8, 4) is 0 Å². The molecule has 1 aliphatic heterocycles. The van der Waals surface area contributed by atoms with Crippen LogP contribution in [0.4, 0.5) is 26.3 Å². The summed E-state index contributed by atoms with van der Waals surface area (Å²) in [5, 5.41) is 0. The van der Waals surface area contributed by atoms with E-state index in [1.54, 1.807) is 30.3 Å². The first kappa shape index (κ1) is 27.4. The van der Waals surface area contributed by atoms with Crippen molar-refractivity contribution in [2.45, 2.75) is 37.4 Å². The smallest absolute Gasteiger partial charge is 0.352 e. The van der Waals surface area contributed by atoms with Crippen LogP contribution in [0.5, 0.6) is 0 Å². The van der Waals surface area contributed by atoms with E-state index in [1.807, 2.05) is 0 Å². The van der Waals surface area contributed by atoms with Crippen LogP contribution >= 0.6 is 0 Å². The van der Waals surface area contributed by atoms with Gasteiger partial charge in [0.05, 0.1) is 37.2 Å². The maximum absolute atomic E-state index is 13.1. The van der Waals surface area contributed by atoms with Gasteiger partial charge in [-0.3, -0.25) is 4.18 Å². The van der Waals surface area contributed by atoms with Crippen LogP contribution in [0.15, 0.2) is 48.5 Å². The lowest BCUT2D eigenvalue weighted by atomic mass is 9.82. The molecule has 3 rings (SSSR count). The summed E-state index contributed by atoms with van der Waals surface area (Å²) in [7, 11) is -3.70. The van der Waals surface area contributed by atoms with Crippen molar-refractivity contribution in [1.29, 1.82) is 0 Å². The van der Waals surface area contributed by atoms with E-state index < -0.39 is 45.8 Å². The molecule has 0 bridgehead atoms. The van der Waals surface area contributed by atoms with E-state index in [4.69, 9.17) is 13.7 Å². The van der Waals surface area contributed by atoms with Crippen LogP contribution in [-0.4, -0.2) is 40.8 Å². The first-order valence-electron chi connectivity index (χ1n) is 10.6. The van der Waals surface area contributed by atoms with Crippen molar-refractivity contribution in [2.75, 3.05) is 26.1 Å². The Hall–Kier alpha value is -2.15. The largest absolute Gasteiger partial charge is 0.416 e. The molecule has 0 unspecified atom stereocenters. The van der Waals surface area contributed by atoms with Gasteiger partial charge in [0, 0.05) is 5.92 Å². The van der Waals surface area contributed by atoms with E-state index in [2.05, 4.69) is 0 Å². The number of rotatable bonds is 8. The lowest BCUT2D eigenvalue weighted by Gasteiger charge is -2.38. The predicted molar refractivity (Wildman–Crippen MR) is 114 cm³/mol. The zero-order valence-electron chi connectivity index (χ0n) is 18.6. The Labute approximate surface area is 199 Å². The summed E-state index contributed by atoms with van der Waals surface area (Å²) in [6.07, 6.45) is -9.59. The van der Waals surface area contributed by atoms with Gasteiger partial charge in [-0.2, -0.15) is 34.8 Å². The van der Waals surface area contributed by atoms with E-state index in [0.29, 0.717) is 18.6 Å². The summed E-state index contributed by atoms with van der Waals surface area (Å²) in [6.45, 7) is -0.121. The molecule has 5 nitrogen and oxygen atoms in total. The van der Waals surface area contributed by atoms with Crippen LogP contribution in [0.3, 0.4) is 0 Å². The lowest BCUT2D eigenvalue weighted by molar-refractivity contribution is -0.189. The van der Waals surface area contributed by atoms with Crippen LogP contribution in [-0.2, 0) is 42.5 Å². The van der Waals surface area contributed by atoms with Gasteiger partial charge in [0.15, 0.2) is 6.29 Å². The number of halogens is 6. The quantitative estimate of drug-likeness (QED) is 0.340. The lowest BCUT2D eigenvalue weighted by Crippen LogP contribution is -2.39. The molecule has 1 heterocycles. The molecule has 1 saturated heterocycles. The fraction of sp³-hybridized carbons (Fsp3) is 0.478. The Balaban J connectivity index is 1.77. The Morgan fingerprint density at radius 3 is 2.11 bits per heavy atom. The third-order valence-corrected chi connectivity index (χ3v) is 6.14. The standard InChI is InChI=1S/C23H24F6O5S/c1-35(30,31)34-14-17-8-10-33-21(20(17)16-5-3-2-4-6-16)32-9-7-15-11-18(22(24,25)26)13-19(12-15)23(27,28)29/h2-6,11-13,17,20-21H,7-10,14H2,1H3/t17-,20-,21-/m0/s1. The Bertz CT molecular complexity index is 1050.